The number of thioether (sulfide) groups is 1. The Morgan fingerprint density at radius 1 is 1.56 bits per heavy atom. The summed E-state index contributed by atoms with van der Waals surface area (Å²) < 4.78 is 9.95. The lowest BCUT2D eigenvalue weighted by Crippen LogP contribution is -2.04. The molecule has 0 saturated carbocycles. The molecule has 18 heavy (non-hydrogen) atoms. The predicted molar refractivity (Wildman–Crippen MR) is 69.0 cm³/mol. The number of rotatable bonds is 6. The van der Waals surface area contributed by atoms with Crippen LogP contribution in [0.5, 0.6) is 0 Å². The first-order chi connectivity index (χ1) is 8.79. The number of nitrogens with zero attached hydrogens (tertiary/aromatic N) is 2. The van der Waals surface area contributed by atoms with Gasteiger partial charge in [-0.15, -0.1) is 16.4 Å². The minimum atomic E-state index is -0.574. The first kappa shape index (κ1) is 13.1. The zero-order chi connectivity index (χ0) is 12.8. The SMILES string of the molecule is CCOC(=O)c1nnc(SCCc2cccs2)o1. The fraction of sp³-hybridized carbons (Fsp3) is 0.364. The third-order valence-corrected chi connectivity index (χ3v) is 3.77. The van der Waals surface area contributed by atoms with Crippen molar-refractivity contribution in [1.29, 1.82) is 0 Å². The second kappa shape index (κ2) is 6.55. The van der Waals surface area contributed by atoms with Gasteiger partial charge < -0.3 is 9.15 Å². The molecule has 0 aliphatic heterocycles. The van der Waals surface area contributed by atoms with E-state index in [1.54, 1.807) is 18.3 Å². The molecular formula is C11H12N2O3S2. The molecule has 96 valence electrons. The molecule has 2 heterocycles. The van der Waals surface area contributed by atoms with Crippen LogP contribution in [0.2, 0.25) is 0 Å². The van der Waals surface area contributed by atoms with E-state index in [0.717, 1.165) is 12.2 Å². The van der Waals surface area contributed by atoms with Crippen LogP contribution in [0.3, 0.4) is 0 Å². The van der Waals surface area contributed by atoms with E-state index in [1.807, 2.05) is 11.4 Å². The summed E-state index contributed by atoms with van der Waals surface area (Å²) in [6.07, 6.45) is 0.944. The Morgan fingerprint density at radius 2 is 2.44 bits per heavy atom. The number of aryl methyl sites for hydroxylation is 1. The lowest BCUT2D eigenvalue weighted by atomic mass is 10.4. The number of carbonyl (C=O) groups excluding carboxylic acids is 1. The molecule has 0 aliphatic rings. The van der Waals surface area contributed by atoms with E-state index in [-0.39, 0.29) is 5.89 Å². The van der Waals surface area contributed by atoms with Crippen LogP contribution in [0.15, 0.2) is 27.2 Å². The molecule has 0 spiro atoms. The molecule has 2 rings (SSSR count). The number of ether oxygens (including phenoxy) is 1. The first-order valence-electron chi connectivity index (χ1n) is 5.45. The lowest BCUT2D eigenvalue weighted by molar-refractivity contribution is 0.0475. The van der Waals surface area contributed by atoms with Crippen molar-refractivity contribution in [3.05, 3.63) is 28.3 Å². The summed E-state index contributed by atoms with van der Waals surface area (Å²) >= 11 is 3.15. The van der Waals surface area contributed by atoms with Gasteiger partial charge in [0.25, 0.3) is 5.22 Å². The van der Waals surface area contributed by atoms with Crippen molar-refractivity contribution in [1.82, 2.24) is 10.2 Å². The van der Waals surface area contributed by atoms with Gasteiger partial charge in [0, 0.05) is 10.6 Å². The number of hydrogen-bond acceptors (Lipinski definition) is 7. The third-order valence-electron chi connectivity index (χ3n) is 2.01. The van der Waals surface area contributed by atoms with Crippen molar-refractivity contribution in [3.8, 4) is 0 Å². The molecule has 0 saturated heterocycles. The highest BCUT2D eigenvalue weighted by Gasteiger charge is 2.15. The summed E-state index contributed by atoms with van der Waals surface area (Å²) in [6, 6.07) is 4.11. The molecule has 0 bridgehead atoms. The zero-order valence-corrected chi connectivity index (χ0v) is 11.4. The van der Waals surface area contributed by atoms with Gasteiger partial charge in [-0.25, -0.2) is 4.79 Å². The topological polar surface area (TPSA) is 65.2 Å². The Hall–Kier alpha value is -1.34. The fourth-order valence-corrected chi connectivity index (χ4v) is 2.81. The molecule has 5 nitrogen and oxygen atoms in total. The van der Waals surface area contributed by atoms with Crippen molar-refractivity contribution >= 4 is 29.1 Å². The van der Waals surface area contributed by atoms with Crippen LogP contribution < -0.4 is 0 Å². The van der Waals surface area contributed by atoms with Gasteiger partial charge in [0.2, 0.25) is 0 Å². The second-order valence-electron chi connectivity index (χ2n) is 3.27. The number of hydrogen-bond donors (Lipinski definition) is 0. The molecule has 0 atom stereocenters. The Labute approximate surface area is 113 Å². The van der Waals surface area contributed by atoms with Gasteiger partial charge in [-0.3, -0.25) is 0 Å². The van der Waals surface area contributed by atoms with Crippen LogP contribution in [0, 0.1) is 0 Å². The molecule has 0 aromatic carbocycles. The van der Waals surface area contributed by atoms with Crippen LogP contribution in [0.4, 0.5) is 0 Å². The molecule has 0 unspecified atom stereocenters. The summed E-state index contributed by atoms with van der Waals surface area (Å²) in [7, 11) is 0. The fourth-order valence-electron chi connectivity index (χ4n) is 1.24. The predicted octanol–water partition coefficient (Wildman–Crippen LogP) is 2.64. The van der Waals surface area contributed by atoms with Crippen molar-refractivity contribution in [2.45, 2.75) is 18.6 Å². The number of thiophene rings is 1. The molecule has 7 heteroatoms. The average molecular weight is 284 g/mol. The van der Waals surface area contributed by atoms with Crippen LogP contribution in [-0.2, 0) is 11.2 Å². The summed E-state index contributed by atoms with van der Waals surface area (Å²) in [4.78, 5) is 12.6. The molecular weight excluding hydrogens is 272 g/mol. The summed E-state index contributed by atoms with van der Waals surface area (Å²) in [6.45, 7) is 2.02. The highest BCUT2D eigenvalue weighted by Crippen LogP contribution is 2.19. The Morgan fingerprint density at radius 3 is 3.17 bits per heavy atom. The molecule has 0 fully saturated rings. The van der Waals surface area contributed by atoms with Gasteiger partial charge in [0.15, 0.2) is 0 Å². The van der Waals surface area contributed by atoms with E-state index in [0.29, 0.717) is 11.8 Å². The highest BCUT2D eigenvalue weighted by atomic mass is 32.2. The average Bonchev–Trinajstić information content (AvgIpc) is 3.00. The maximum absolute atomic E-state index is 11.3. The van der Waals surface area contributed by atoms with E-state index in [9.17, 15) is 4.79 Å². The van der Waals surface area contributed by atoms with E-state index in [2.05, 4.69) is 16.3 Å². The Balaban J connectivity index is 1.81. The molecule has 0 N–H and O–H groups in total. The van der Waals surface area contributed by atoms with Crippen molar-refractivity contribution in [2.75, 3.05) is 12.4 Å². The Kier molecular flexibility index (Phi) is 4.77. The van der Waals surface area contributed by atoms with Gasteiger partial charge in [-0.05, 0) is 24.8 Å². The maximum atomic E-state index is 11.3. The van der Waals surface area contributed by atoms with E-state index in [4.69, 9.17) is 9.15 Å². The van der Waals surface area contributed by atoms with E-state index in [1.165, 1.54) is 16.6 Å². The highest BCUT2D eigenvalue weighted by molar-refractivity contribution is 7.99. The van der Waals surface area contributed by atoms with Crippen molar-refractivity contribution < 1.29 is 13.9 Å². The summed E-state index contributed by atoms with van der Waals surface area (Å²) in [5, 5.41) is 9.87. The van der Waals surface area contributed by atoms with Gasteiger partial charge in [0.1, 0.15) is 0 Å². The van der Waals surface area contributed by atoms with Crippen molar-refractivity contribution in [3.63, 3.8) is 0 Å². The molecule has 0 amide bonds. The van der Waals surface area contributed by atoms with E-state index >= 15 is 0 Å². The van der Waals surface area contributed by atoms with Gasteiger partial charge in [-0.1, -0.05) is 22.9 Å². The first-order valence-corrected chi connectivity index (χ1v) is 7.32. The minimum Gasteiger partial charge on any atom is -0.459 e. The number of esters is 1. The van der Waals surface area contributed by atoms with Gasteiger partial charge >= 0.3 is 11.9 Å². The van der Waals surface area contributed by atoms with E-state index < -0.39 is 5.97 Å². The largest absolute Gasteiger partial charge is 0.459 e. The standard InChI is InChI=1S/C11H12N2O3S2/c1-2-15-10(14)9-12-13-11(16-9)18-7-5-8-4-3-6-17-8/h3-4,6H,2,5,7H2,1H3. The maximum Gasteiger partial charge on any atom is 0.396 e. The molecule has 2 aromatic rings. The minimum absolute atomic E-state index is 0.0875. The Bertz CT molecular complexity index is 496. The summed E-state index contributed by atoms with van der Waals surface area (Å²) in [5.41, 5.74) is 0. The van der Waals surface area contributed by atoms with Crippen LogP contribution in [0.1, 0.15) is 22.5 Å². The molecule has 0 radical (unpaired) electrons. The van der Waals surface area contributed by atoms with Crippen LogP contribution in [-0.4, -0.2) is 28.5 Å². The third kappa shape index (κ3) is 3.58. The lowest BCUT2D eigenvalue weighted by Gasteiger charge is -1.95. The zero-order valence-electron chi connectivity index (χ0n) is 9.79. The van der Waals surface area contributed by atoms with Crippen molar-refractivity contribution in [2.24, 2.45) is 0 Å². The molecule has 2 aromatic heterocycles. The molecule has 0 aliphatic carbocycles. The normalized spacial score (nSPS) is 10.5. The van der Waals surface area contributed by atoms with Crippen LogP contribution >= 0.6 is 23.1 Å². The van der Waals surface area contributed by atoms with Gasteiger partial charge in [0.05, 0.1) is 6.61 Å². The number of carbonyl (C=O) groups is 1. The van der Waals surface area contributed by atoms with Gasteiger partial charge in [-0.2, -0.15) is 0 Å². The summed E-state index contributed by atoms with van der Waals surface area (Å²) in [5.74, 6) is 0.177. The number of aromatic nitrogens is 2. The monoisotopic (exact) mass is 284 g/mol. The van der Waals surface area contributed by atoms with Crippen LogP contribution in [0.25, 0.3) is 0 Å². The smallest absolute Gasteiger partial charge is 0.396 e. The quantitative estimate of drug-likeness (QED) is 0.600. The second-order valence-corrected chi connectivity index (χ2v) is 5.35.